The maximum absolute atomic E-state index is 4.81. The van der Waals surface area contributed by atoms with E-state index in [9.17, 15) is 0 Å². The van der Waals surface area contributed by atoms with Gasteiger partial charge in [-0.25, -0.2) is 0 Å². The Balaban J connectivity index is 1.49. The van der Waals surface area contributed by atoms with Crippen molar-refractivity contribution in [1.29, 1.82) is 0 Å². The van der Waals surface area contributed by atoms with E-state index in [2.05, 4.69) is 140 Å². The summed E-state index contributed by atoms with van der Waals surface area (Å²) in [6.45, 7) is 9.37. The molecule has 0 N–H and O–H groups in total. The van der Waals surface area contributed by atoms with Gasteiger partial charge < -0.3 is 0 Å². The van der Waals surface area contributed by atoms with E-state index in [4.69, 9.17) is 6.58 Å². The molecule has 4 aliphatic carbocycles. The van der Waals surface area contributed by atoms with Gasteiger partial charge in [0, 0.05) is 23.7 Å². The van der Waals surface area contributed by atoms with Crippen LogP contribution < -0.4 is 10.4 Å². The highest BCUT2D eigenvalue weighted by molar-refractivity contribution is 5.82. The van der Waals surface area contributed by atoms with Crippen LogP contribution in [0.1, 0.15) is 18.4 Å². The topological polar surface area (TPSA) is 0 Å². The number of hydrogen-bond donors (Lipinski definition) is 0. The maximum atomic E-state index is 4.81. The van der Waals surface area contributed by atoms with Gasteiger partial charge in [0.15, 0.2) is 0 Å². The summed E-state index contributed by atoms with van der Waals surface area (Å²) < 4.78 is 0. The fourth-order valence-corrected chi connectivity index (χ4v) is 6.41. The number of rotatable bonds is 6. The van der Waals surface area contributed by atoms with Crippen LogP contribution in [0.4, 0.5) is 0 Å². The molecule has 2 aromatic carbocycles. The highest BCUT2D eigenvalue weighted by Crippen LogP contribution is 2.44. The van der Waals surface area contributed by atoms with Gasteiger partial charge in [-0.15, -0.1) is 0 Å². The van der Waals surface area contributed by atoms with E-state index >= 15 is 0 Å². The van der Waals surface area contributed by atoms with Crippen LogP contribution in [0.5, 0.6) is 0 Å². The molecule has 0 amide bonds. The highest BCUT2D eigenvalue weighted by Gasteiger charge is 2.35. The third-order valence-electron chi connectivity index (χ3n) is 8.22. The maximum Gasteiger partial charge on any atom is 0.0137 e. The molecule has 6 rings (SSSR count). The summed E-state index contributed by atoms with van der Waals surface area (Å²) in [6, 6.07) is 19.3. The van der Waals surface area contributed by atoms with Crippen LogP contribution >= 0.6 is 0 Å². The average molecular weight is 491 g/mol. The van der Waals surface area contributed by atoms with Gasteiger partial charge in [-0.1, -0.05) is 147 Å². The molecule has 0 bridgehead atoms. The molecule has 0 saturated carbocycles. The molecular weight excluding hydrogens is 456 g/mol. The van der Waals surface area contributed by atoms with Gasteiger partial charge in [0.1, 0.15) is 0 Å². The summed E-state index contributed by atoms with van der Waals surface area (Å²) in [6.07, 6.45) is 31.8. The Morgan fingerprint density at radius 1 is 0.684 bits per heavy atom. The van der Waals surface area contributed by atoms with Crippen molar-refractivity contribution in [3.63, 3.8) is 0 Å². The van der Waals surface area contributed by atoms with Crippen molar-refractivity contribution in [2.45, 2.75) is 12.8 Å². The van der Waals surface area contributed by atoms with Crippen molar-refractivity contribution in [3.8, 4) is 0 Å². The van der Waals surface area contributed by atoms with Gasteiger partial charge in [0.25, 0.3) is 0 Å². The Hall–Kier alpha value is -4.16. The molecule has 0 heteroatoms. The average Bonchev–Trinajstić information content (AvgIpc) is 2.99. The lowest BCUT2D eigenvalue weighted by molar-refractivity contribution is 0.601. The zero-order chi connectivity index (χ0) is 25.9. The lowest BCUT2D eigenvalue weighted by Crippen LogP contribution is -2.41. The van der Waals surface area contributed by atoms with E-state index in [0.717, 1.165) is 18.4 Å². The molecule has 0 spiro atoms. The van der Waals surface area contributed by atoms with E-state index in [1.54, 1.807) is 0 Å². The van der Waals surface area contributed by atoms with Crippen LogP contribution in [0.2, 0.25) is 0 Å². The summed E-state index contributed by atoms with van der Waals surface area (Å²) in [7, 11) is 0. The van der Waals surface area contributed by atoms with Crippen LogP contribution in [0.15, 0.2) is 157 Å². The SMILES string of the molecule is C=C(C=Cc1ccccc1)C1=c2ccccc2=C(C(=C)C2C=CC=CC2C2=CCCC=C2)C2C=CC=CC12. The molecule has 0 aliphatic heterocycles. The van der Waals surface area contributed by atoms with Gasteiger partial charge in [-0.05, 0) is 56.7 Å². The van der Waals surface area contributed by atoms with Crippen molar-refractivity contribution in [1.82, 2.24) is 0 Å². The highest BCUT2D eigenvalue weighted by atomic mass is 14.4. The Kier molecular flexibility index (Phi) is 6.80. The van der Waals surface area contributed by atoms with Crippen LogP contribution in [0, 0.1) is 23.7 Å². The van der Waals surface area contributed by atoms with Crippen molar-refractivity contribution in [3.05, 3.63) is 173 Å². The first-order valence-corrected chi connectivity index (χ1v) is 13.7. The summed E-state index contributed by atoms with van der Waals surface area (Å²) in [5, 5.41) is 2.56. The van der Waals surface area contributed by atoms with Gasteiger partial charge in [-0.3, -0.25) is 0 Å². The van der Waals surface area contributed by atoms with Crippen molar-refractivity contribution < 1.29 is 0 Å². The molecule has 0 heterocycles. The summed E-state index contributed by atoms with van der Waals surface area (Å²) in [4.78, 5) is 0. The van der Waals surface area contributed by atoms with Gasteiger partial charge >= 0.3 is 0 Å². The Bertz CT molecular complexity index is 1590. The Morgan fingerprint density at radius 2 is 1.32 bits per heavy atom. The van der Waals surface area contributed by atoms with Gasteiger partial charge in [0.05, 0.1) is 0 Å². The van der Waals surface area contributed by atoms with E-state index in [1.807, 2.05) is 0 Å². The number of allylic oxidation sites excluding steroid dienone is 15. The second-order valence-corrected chi connectivity index (χ2v) is 10.5. The third kappa shape index (κ3) is 4.52. The minimum atomic E-state index is 0.227. The second-order valence-electron chi connectivity index (χ2n) is 10.5. The molecule has 4 unspecified atom stereocenters. The number of benzene rings is 2. The predicted octanol–water partition coefficient (Wildman–Crippen LogP) is 7.82. The van der Waals surface area contributed by atoms with Crippen LogP contribution in [-0.2, 0) is 0 Å². The quantitative estimate of drug-likeness (QED) is 0.362. The fourth-order valence-electron chi connectivity index (χ4n) is 6.41. The number of hydrogen-bond acceptors (Lipinski definition) is 0. The standard InChI is InChI=1S/C38H34/c1-27(25-26-29-15-5-3-6-16-29)37-33-21-11-13-23-35(33)38(36-24-14-12-22-34(36)37)28(2)31-19-9-10-20-32(31)30-17-7-4-8-18-30/h3,5-7,9-26,31-33,35H,1-2,4,8H2. The molecule has 4 aliphatic rings. The van der Waals surface area contributed by atoms with Crippen LogP contribution in [0.25, 0.3) is 17.2 Å². The zero-order valence-electron chi connectivity index (χ0n) is 21.8. The second kappa shape index (κ2) is 10.7. The van der Waals surface area contributed by atoms with Crippen molar-refractivity contribution in [2.75, 3.05) is 0 Å². The first-order valence-electron chi connectivity index (χ1n) is 13.7. The molecule has 0 aromatic heterocycles. The molecule has 38 heavy (non-hydrogen) atoms. The van der Waals surface area contributed by atoms with Gasteiger partial charge in [-0.2, -0.15) is 0 Å². The Labute approximate surface area is 226 Å². The van der Waals surface area contributed by atoms with E-state index in [0.29, 0.717) is 5.92 Å². The predicted molar refractivity (Wildman–Crippen MR) is 163 cm³/mol. The van der Waals surface area contributed by atoms with E-state index in [-0.39, 0.29) is 17.8 Å². The normalized spacial score (nSPS) is 25.3. The molecule has 186 valence electrons. The molecule has 0 radical (unpaired) electrons. The molecule has 0 fully saturated rings. The smallest absolute Gasteiger partial charge is 0.0137 e. The molecular formula is C38H34. The van der Waals surface area contributed by atoms with Gasteiger partial charge in [0.2, 0.25) is 0 Å². The molecule has 0 saturated heterocycles. The minimum absolute atomic E-state index is 0.227. The van der Waals surface area contributed by atoms with E-state index < -0.39 is 0 Å². The largest absolute Gasteiger partial charge is 0.0949 e. The first kappa shape index (κ1) is 24.2. The molecule has 2 aromatic rings. The first-order chi connectivity index (χ1) is 18.7. The Morgan fingerprint density at radius 3 is 2.03 bits per heavy atom. The van der Waals surface area contributed by atoms with E-state index in [1.165, 1.54) is 38.3 Å². The molecule has 0 nitrogen and oxygen atoms in total. The van der Waals surface area contributed by atoms with Crippen molar-refractivity contribution >= 4 is 17.2 Å². The fraction of sp³-hybridized carbons (Fsp3) is 0.158. The molecule has 4 atom stereocenters. The van der Waals surface area contributed by atoms with Crippen molar-refractivity contribution in [2.24, 2.45) is 23.7 Å². The summed E-state index contributed by atoms with van der Waals surface area (Å²) >= 11 is 0. The third-order valence-corrected chi connectivity index (χ3v) is 8.22. The minimum Gasteiger partial charge on any atom is -0.0949 e. The van der Waals surface area contributed by atoms with Crippen LogP contribution in [0.3, 0.4) is 0 Å². The summed E-state index contributed by atoms with van der Waals surface area (Å²) in [5.41, 5.74) is 7.56. The monoisotopic (exact) mass is 490 g/mol. The lowest BCUT2D eigenvalue weighted by Gasteiger charge is -2.37. The lowest BCUT2D eigenvalue weighted by atomic mass is 9.66. The van der Waals surface area contributed by atoms with Crippen LogP contribution in [-0.4, -0.2) is 0 Å². The number of fused-ring (bicyclic) bond motifs is 2. The summed E-state index contributed by atoms with van der Waals surface area (Å²) in [5.74, 6) is 1.01. The zero-order valence-corrected chi connectivity index (χ0v) is 21.8.